The van der Waals surface area contributed by atoms with E-state index in [1.165, 1.54) is 0 Å². The maximum atomic E-state index is 6.21. The van der Waals surface area contributed by atoms with Gasteiger partial charge in [-0.25, -0.2) is 0 Å². The summed E-state index contributed by atoms with van der Waals surface area (Å²) in [6, 6.07) is 10.0. The highest BCUT2D eigenvalue weighted by molar-refractivity contribution is 6.28. The van der Waals surface area contributed by atoms with Crippen LogP contribution in [0.4, 0.5) is 0 Å². The number of nitrogens with zero attached hydrogens (tertiary/aromatic N) is 3. The van der Waals surface area contributed by atoms with Gasteiger partial charge in [-0.05, 0) is 24.4 Å². The van der Waals surface area contributed by atoms with Crippen molar-refractivity contribution in [3.63, 3.8) is 0 Å². The molecular weight excluding hydrogens is 274 g/mol. The molecule has 1 aromatic carbocycles. The van der Waals surface area contributed by atoms with Gasteiger partial charge in [-0.1, -0.05) is 37.3 Å². The largest absolute Gasteiger partial charge is 0.378 e. The van der Waals surface area contributed by atoms with Crippen molar-refractivity contribution in [3.05, 3.63) is 35.6 Å². The molecule has 0 amide bonds. The summed E-state index contributed by atoms with van der Waals surface area (Å²) in [6.45, 7) is 3.81. The molecule has 1 aromatic heterocycles. The van der Waals surface area contributed by atoms with E-state index in [0.29, 0.717) is 17.3 Å². The highest BCUT2D eigenvalue weighted by Gasteiger charge is 2.28. The van der Waals surface area contributed by atoms with E-state index < -0.39 is 0 Å². The number of aromatic nitrogens is 3. The zero-order valence-electron chi connectivity index (χ0n) is 11.5. The lowest BCUT2D eigenvalue weighted by Gasteiger charge is -2.18. The Kier molecular flexibility index (Phi) is 4.03. The van der Waals surface area contributed by atoms with Crippen LogP contribution < -0.4 is 0 Å². The predicted molar refractivity (Wildman–Crippen MR) is 78.6 cm³/mol. The van der Waals surface area contributed by atoms with Crippen molar-refractivity contribution in [2.75, 3.05) is 6.61 Å². The standard InChI is InChI=1S/C15H18ClN3O/c1-2-13-12(8-9-20-13)10-19-14(17-18-15(19)16)11-6-4-3-5-7-11/h3-7,12-13H,2,8-10H2,1H3. The molecule has 2 unspecified atom stereocenters. The molecule has 0 spiro atoms. The first kappa shape index (κ1) is 13.6. The van der Waals surface area contributed by atoms with Crippen molar-refractivity contribution in [1.82, 2.24) is 14.8 Å². The monoisotopic (exact) mass is 291 g/mol. The maximum absolute atomic E-state index is 6.21. The minimum atomic E-state index is 0.317. The van der Waals surface area contributed by atoms with Gasteiger partial charge < -0.3 is 4.74 Å². The molecule has 0 bridgehead atoms. The van der Waals surface area contributed by atoms with Gasteiger partial charge in [-0.3, -0.25) is 4.57 Å². The molecule has 1 aliphatic heterocycles. The topological polar surface area (TPSA) is 39.9 Å². The van der Waals surface area contributed by atoms with Crippen LogP contribution >= 0.6 is 11.6 Å². The Bertz CT molecular complexity index is 570. The number of ether oxygens (including phenoxy) is 1. The fourth-order valence-corrected chi connectivity index (χ4v) is 3.02. The zero-order valence-corrected chi connectivity index (χ0v) is 12.3. The smallest absolute Gasteiger partial charge is 0.225 e. The first-order chi connectivity index (χ1) is 9.79. The van der Waals surface area contributed by atoms with Crippen molar-refractivity contribution >= 4 is 11.6 Å². The molecule has 2 aromatic rings. The number of hydrogen-bond donors (Lipinski definition) is 0. The van der Waals surface area contributed by atoms with E-state index in [1.807, 2.05) is 34.9 Å². The van der Waals surface area contributed by atoms with Gasteiger partial charge in [0.2, 0.25) is 5.28 Å². The van der Waals surface area contributed by atoms with Crippen LogP contribution in [0.25, 0.3) is 11.4 Å². The molecule has 2 heterocycles. The average Bonchev–Trinajstić information content (AvgIpc) is 3.08. The predicted octanol–water partition coefficient (Wildman–Crippen LogP) is 3.41. The molecule has 3 rings (SSSR count). The summed E-state index contributed by atoms with van der Waals surface area (Å²) >= 11 is 6.21. The van der Waals surface area contributed by atoms with E-state index in [-0.39, 0.29) is 0 Å². The molecule has 5 heteroatoms. The van der Waals surface area contributed by atoms with E-state index in [0.717, 1.165) is 37.4 Å². The van der Waals surface area contributed by atoms with Gasteiger partial charge in [0.05, 0.1) is 6.10 Å². The second kappa shape index (κ2) is 5.94. The van der Waals surface area contributed by atoms with E-state index in [4.69, 9.17) is 16.3 Å². The maximum Gasteiger partial charge on any atom is 0.225 e. The fraction of sp³-hybridized carbons (Fsp3) is 0.467. The molecule has 1 fully saturated rings. The zero-order chi connectivity index (χ0) is 13.9. The van der Waals surface area contributed by atoms with Crippen molar-refractivity contribution in [3.8, 4) is 11.4 Å². The molecule has 0 N–H and O–H groups in total. The Balaban J connectivity index is 1.88. The summed E-state index contributed by atoms with van der Waals surface area (Å²) in [5, 5.41) is 8.69. The van der Waals surface area contributed by atoms with Crippen LogP contribution in [0, 0.1) is 5.92 Å². The molecule has 0 aliphatic carbocycles. The lowest BCUT2D eigenvalue weighted by atomic mass is 9.99. The SMILES string of the molecule is CCC1OCCC1Cn1c(Cl)nnc1-c1ccccc1. The minimum Gasteiger partial charge on any atom is -0.378 e. The van der Waals surface area contributed by atoms with Gasteiger partial charge in [0, 0.05) is 24.6 Å². The van der Waals surface area contributed by atoms with Crippen molar-refractivity contribution in [2.24, 2.45) is 5.92 Å². The molecule has 0 radical (unpaired) electrons. The lowest BCUT2D eigenvalue weighted by Crippen LogP contribution is -2.20. The molecule has 4 nitrogen and oxygen atoms in total. The van der Waals surface area contributed by atoms with Crippen molar-refractivity contribution in [2.45, 2.75) is 32.4 Å². The summed E-state index contributed by atoms with van der Waals surface area (Å²) in [5.74, 6) is 1.31. The first-order valence-corrected chi connectivity index (χ1v) is 7.43. The van der Waals surface area contributed by atoms with Crippen molar-refractivity contribution < 1.29 is 4.74 Å². The Morgan fingerprint density at radius 2 is 2.10 bits per heavy atom. The highest BCUT2D eigenvalue weighted by atomic mass is 35.5. The number of rotatable bonds is 4. The van der Waals surface area contributed by atoms with Crippen LogP contribution in [-0.4, -0.2) is 27.5 Å². The van der Waals surface area contributed by atoms with E-state index in [1.54, 1.807) is 0 Å². The quantitative estimate of drug-likeness (QED) is 0.866. The first-order valence-electron chi connectivity index (χ1n) is 7.05. The Hall–Kier alpha value is -1.39. The summed E-state index contributed by atoms with van der Waals surface area (Å²) in [6.07, 6.45) is 2.42. The van der Waals surface area contributed by atoms with Crippen LogP contribution in [-0.2, 0) is 11.3 Å². The van der Waals surface area contributed by atoms with Gasteiger partial charge in [-0.15, -0.1) is 10.2 Å². The van der Waals surface area contributed by atoms with Gasteiger partial charge in [0.1, 0.15) is 0 Å². The van der Waals surface area contributed by atoms with Crippen LogP contribution in [0.3, 0.4) is 0 Å². The molecule has 1 saturated heterocycles. The number of halogens is 1. The third kappa shape index (κ3) is 2.58. The van der Waals surface area contributed by atoms with Gasteiger partial charge in [-0.2, -0.15) is 0 Å². The lowest BCUT2D eigenvalue weighted by molar-refractivity contribution is 0.0836. The van der Waals surface area contributed by atoms with Gasteiger partial charge in [0.25, 0.3) is 0 Å². The molecule has 20 heavy (non-hydrogen) atoms. The van der Waals surface area contributed by atoms with E-state index >= 15 is 0 Å². The van der Waals surface area contributed by atoms with Crippen LogP contribution in [0.5, 0.6) is 0 Å². The molecule has 1 aliphatic rings. The summed E-state index contributed by atoms with van der Waals surface area (Å²) in [5.41, 5.74) is 1.04. The van der Waals surface area contributed by atoms with Crippen LogP contribution in [0.15, 0.2) is 30.3 Å². The van der Waals surface area contributed by atoms with E-state index in [9.17, 15) is 0 Å². The normalized spacial score (nSPS) is 22.3. The van der Waals surface area contributed by atoms with Gasteiger partial charge in [0.15, 0.2) is 5.82 Å². The van der Waals surface area contributed by atoms with Crippen molar-refractivity contribution in [1.29, 1.82) is 0 Å². The second-order valence-corrected chi connectivity index (χ2v) is 5.47. The third-order valence-electron chi connectivity index (χ3n) is 3.90. The second-order valence-electron chi connectivity index (χ2n) is 5.14. The highest BCUT2D eigenvalue weighted by Crippen LogP contribution is 2.28. The number of hydrogen-bond acceptors (Lipinski definition) is 3. The minimum absolute atomic E-state index is 0.317. The van der Waals surface area contributed by atoms with Gasteiger partial charge >= 0.3 is 0 Å². The third-order valence-corrected chi connectivity index (χ3v) is 4.18. The van der Waals surface area contributed by atoms with Crippen LogP contribution in [0.1, 0.15) is 19.8 Å². The fourth-order valence-electron chi connectivity index (χ4n) is 2.83. The Morgan fingerprint density at radius 3 is 2.85 bits per heavy atom. The molecular formula is C15H18ClN3O. The van der Waals surface area contributed by atoms with Crippen LogP contribution in [0.2, 0.25) is 5.28 Å². The Morgan fingerprint density at radius 1 is 1.30 bits per heavy atom. The molecule has 2 atom stereocenters. The summed E-state index contributed by atoms with van der Waals surface area (Å²) < 4.78 is 7.75. The number of benzene rings is 1. The van der Waals surface area contributed by atoms with E-state index in [2.05, 4.69) is 17.1 Å². The average molecular weight is 292 g/mol. The Labute approximate surface area is 123 Å². The molecule has 0 saturated carbocycles. The summed E-state index contributed by atoms with van der Waals surface area (Å²) in [4.78, 5) is 0. The summed E-state index contributed by atoms with van der Waals surface area (Å²) in [7, 11) is 0. The molecule has 106 valence electrons.